The van der Waals surface area contributed by atoms with E-state index in [1.54, 1.807) is 34.5 Å². The van der Waals surface area contributed by atoms with Crippen molar-refractivity contribution >= 4 is 6.29 Å². The highest BCUT2D eigenvalue weighted by atomic mass is 16.5. The van der Waals surface area contributed by atoms with Gasteiger partial charge in [-0.1, -0.05) is 26.0 Å². The number of benzene rings is 2. The number of aldehydes is 1. The Labute approximate surface area is 209 Å². The topological polar surface area (TPSA) is 81.0 Å². The summed E-state index contributed by atoms with van der Waals surface area (Å²) >= 11 is 0. The number of hydrogen-bond acceptors (Lipinski definition) is 7. The van der Waals surface area contributed by atoms with Gasteiger partial charge in [0.25, 0.3) is 0 Å². The number of nitriles is 1. The number of nitrogens with zero attached hydrogens (tertiary/aromatic N) is 2. The van der Waals surface area contributed by atoms with E-state index in [1.807, 2.05) is 51.2 Å². The van der Waals surface area contributed by atoms with Crippen LogP contribution < -0.4 is 18.9 Å². The van der Waals surface area contributed by atoms with Gasteiger partial charge in [-0.2, -0.15) is 5.26 Å². The van der Waals surface area contributed by atoms with E-state index in [4.69, 9.17) is 18.9 Å². The maximum atomic E-state index is 12.3. The van der Waals surface area contributed by atoms with Gasteiger partial charge in [-0.25, -0.2) is 0 Å². The number of carbonyl (C=O) groups is 1. The first-order valence-corrected chi connectivity index (χ1v) is 11.8. The zero-order valence-electron chi connectivity index (χ0n) is 22.0. The Hall–Kier alpha value is -3.24. The molecule has 7 nitrogen and oxygen atoms in total. The fraction of sp³-hybridized carbons (Fsp3) is 0.500. The molecule has 0 aliphatic carbocycles. The molecule has 2 unspecified atom stereocenters. The van der Waals surface area contributed by atoms with E-state index >= 15 is 0 Å². The van der Waals surface area contributed by atoms with Crippen LogP contribution in [0, 0.1) is 23.2 Å². The Kier molecular flexibility index (Phi) is 10.4. The van der Waals surface area contributed by atoms with Gasteiger partial charge in [0.15, 0.2) is 23.0 Å². The van der Waals surface area contributed by atoms with Gasteiger partial charge >= 0.3 is 0 Å². The molecular weight excluding hydrogens is 444 g/mol. The van der Waals surface area contributed by atoms with Gasteiger partial charge < -0.3 is 28.6 Å². The molecule has 0 N–H and O–H groups in total. The molecule has 0 aliphatic heterocycles. The van der Waals surface area contributed by atoms with Crippen LogP contribution in [0.15, 0.2) is 36.4 Å². The molecule has 2 aromatic rings. The highest BCUT2D eigenvalue weighted by Crippen LogP contribution is 2.43. The lowest BCUT2D eigenvalue weighted by Crippen LogP contribution is -2.41. The van der Waals surface area contributed by atoms with Crippen molar-refractivity contribution in [2.75, 3.05) is 48.6 Å². The van der Waals surface area contributed by atoms with Crippen molar-refractivity contribution in [3.63, 3.8) is 0 Å². The number of methoxy groups -OCH3 is 4. The van der Waals surface area contributed by atoms with Gasteiger partial charge in [-0.3, -0.25) is 0 Å². The van der Waals surface area contributed by atoms with Crippen molar-refractivity contribution in [3.8, 4) is 29.1 Å². The molecule has 0 fully saturated rings. The SMILES string of the molecule is COc1ccc(CCN(C)CCC(C=O)C(C#N)(c2ccc(OC)c(OC)c2)C(C)C)cc1OC. The Morgan fingerprint density at radius 1 is 0.914 bits per heavy atom. The van der Waals surface area contributed by atoms with Crippen molar-refractivity contribution in [3.05, 3.63) is 47.5 Å². The first kappa shape index (κ1) is 28.0. The summed E-state index contributed by atoms with van der Waals surface area (Å²) in [6.45, 7) is 5.45. The van der Waals surface area contributed by atoms with Crippen LogP contribution in [0.3, 0.4) is 0 Å². The quantitative estimate of drug-likeness (QED) is 0.366. The van der Waals surface area contributed by atoms with Crippen LogP contribution in [-0.2, 0) is 16.6 Å². The molecule has 2 rings (SSSR count). The standard InChI is InChI=1S/C28H38N2O5/c1-20(2)28(19-29,22-9-11-25(33-5)27(17-22)35-7)23(18-31)13-15-30(3)14-12-21-8-10-24(32-4)26(16-21)34-6/h8-11,16-18,20,23H,12-15H2,1-7H3. The monoisotopic (exact) mass is 482 g/mol. The summed E-state index contributed by atoms with van der Waals surface area (Å²) in [5.41, 5.74) is 0.920. The second kappa shape index (κ2) is 13.0. The molecule has 0 aliphatic rings. The highest BCUT2D eigenvalue weighted by Gasteiger charge is 2.44. The van der Waals surface area contributed by atoms with Crippen LogP contribution in [0.2, 0.25) is 0 Å². The molecule has 2 aromatic carbocycles. The molecule has 7 heteroatoms. The molecule has 0 amide bonds. The van der Waals surface area contributed by atoms with Crippen LogP contribution in [0.25, 0.3) is 0 Å². The average Bonchev–Trinajstić information content (AvgIpc) is 2.88. The fourth-order valence-electron chi connectivity index (χ4n) is 4.58. The second-order valence-electron chi connectivity index (χ2n) is 8.98. The van der Waals surface area contributed by atoms with Crippen LogP contribution in [0.4, 0.5) is 0 Å². The molecule has 0 radical (unpaired) electrons. The van der Waals surface area contributed by atoms with Gasteiger partial charge in [-0.05, 0) is 67.7 Å². The van der Waals surface area contributed by atoms with Crippen LogP contribution in [0.1, 0.15) is 31.4 Å². The third-order valence-electron chi connectivity index (χ3n) is 6.76. The predicted octanol–water partition coefficient (Wildman–Crippen LogP) is 4.52. The fourth-order valence-corrected chi connectivity index (χ4v) is 4.58. The van der Waals surface area contributed by atoms with Crippen LogP contribution in [-0.4, -0.2) is 59.8 Å². The van der Waals surface area contributed by atoms with E-state index in [-0.39, 0.29) is 5.92 Å². The zero-order chi connectivity index (χ0) is 26.0. The van der Waals surface area contributed by atoms with E-state index < -0.39 is 11.3 Å². The lowest BCUT2D eigenvalue weighted by molar-refractivity contribution is -0.113. The third kappa shape index (κ3) is 6.26. The van der Waals surface area contributed by atoms with E-state index in [0.29, 0.717) is 36.0 Å². The van der Waals surface area contributed by atoms with E-state index in [0.717, 1.165) is 30.4 Å². The van der Waals surface area contributed by atoms with E-state index in [2.05, 4.69) is 11.0 Å². The molecule has 2 atom stereocenters. The van der Waals surface area contributed by atoms with Gasteiger partial charge in [-0.15, -0.1) is 0 Å². The minimum atomic E-state index is -0.981. The second-order valence-corrected chi connectivity index (χ2v) is 8.98. The molecule has 0 bridgehead atoms. The van der Waals surface area contributed by atoms with Crippen molar-refractivity contribution < 1.29 is 23.7 Å². The summed E-state index contributed by atoms with van der Waals surface area (Å²) < 4.78 is 21.5. The normalized spacial score (nSPS) is 13.6. The third-order valence-corrected chi connectivity index (χ3v) is 6.76. The Balaban J connectivity index is 2.17. The molecule has 190 valence electrons. The van der Waals surface area contributed by atoms with Gasteiger partial charge in [0.1, 0.15) is 6.29 Å². The molecular formula is C28H38N2O5. The molecule has 0 heterocycles. The first-order chi connectivity index (χ1) is 16.8. The van der Waals surface area contributed by atoms with Gasteiger partial charge in [0.2, 0.25) is 0 Å². The Morgan fingerprint density at radius 2 is 1.49 bits per heavy atom. The summed E-state index contributed by atoms with van der Waals surface area (Å²) in [5.74, 6) is 1.98. The smallest absolute Gasteiger partial charge is 0.161 e. The van der Waals surface area contributed by atoms with Crippen molar-refractivity contribution in [2.24, 2.45) is 11.8 Å². The largest absolute Gasteiger partial charge is 0.493 e. The number of carbonyl (C=O) groups excluding carboxylic acids is 1. The maximum absolute atomic E-state index is 12.3. The lowest BCUT2D eigenvalue weighted by Gasteiger charge is -2.37. The molecule has 0 saturated carbocycles. The molecule has 0 spiro atoms. The molecule has 35 heavy (non-hydrogen) atoms. The summed E-state index contributed by atoms with van der Waals surface area (Å²) in [6, 6.07) is 13.9. The van der Waals surface area contributed by atoms with Gasteiger partial charge in [0, 0.05) is 12.5 Å². The number of likely N-dealkylation sites (N-methyl/N-ethyl adjacent to an activating group) is 1. The highest BCUT2D eigenvalue weighted by molar-refractivity contribution is 5.61. The van der Waals surface area contributed by atoms with E-state index in [9.17, 15) is 10.1 Å². The summed E-state index contributed by atoms with van der Waals surface area (Å²) in [6.07, 6.45) is 2.32. The zero-order valence-corrected chi connectivity index (χ0v) is 22.0. The van der Waals surface area contributed by atoms with Crippen molar-refractivity contribution in [1.29, 1.82) is 5.26 Å². The minimum absolute atomic E-state index is 0.0853. The first-order valence-electron chi connectivity index (χ1n) is 11.8. The summed E-state index contributed by atoms with van der Waals surface area (Å²) in [7, 11) is 8.42. The van der Waals surface area contributed by atoms with Crippen LogP contribution in [0.5, 0.6) is 23.0 Å². The van der Waals surface area contributed by atoms with Crippen LogP contribution >= 0.6 is 0 Å². The minimum Gasteiger partial charge on any atom is -0.493 e. The Morgan fingerprint density at radius 3 is 2.00 bits per heavy atom. The van der Waals surface area contributed by atoms with Crippen molar-refractivity contribution in [2.45, 2.75) is 32.1 Å². The maximum Gasteiger partial charge on any atom is 0.161 e. The van der Waals surface area contributed by atoms with Gasteiger partial charge in [0.05, 0.1) is 39.9 Å². The predicted molar refractivity (Wildman–Crippen MR) is 137 cm³/mol. The van der Waals surface area contributed by atoms with Crippen molar-refractivity contribution in [1.82, 2.24) is 4.90 Å². The number of rotatable bonds is 14. The number of ether oxygens (including phenoxy) is 4. The number of hydrogen-bond donors (Lipinski definition) is 0. The average molecular weight is 483 g/mol. The van der Waals surface area contributed by atoms with E-state index in [1.165, 1.54) is 0 Å². The Bertz CT molecular complexity index is 1020. The molecule has 0 aromatic heterocycles. The summed E-state index contributed by atoms with van der Waals surface area (Å²) in [5, 5.41) is 10.4. The molecule has 0 saturated heterocycles. The summed E-state index contributed by atoms with van der Waals surface area (Å²) in [4.78, 5) is 14.5. The lowest BCUT2D eigenvalue weighted by atomic mass is 9.63.